The van der Waals surface area contributed by atoms with E-state index in [1.54, 1.807) is 12.1 Å². The number of benzene rings is 3. The molecule has 0 radical (unpaired) electrons. The van der Waals surface area contributed by atoms with Crippen molar-refractivity contribution < 1.29 is 18.8 Å². The fourth-order valence-corrected chi connectivity index (χ4v) is 5.09. The topological polar surface area (TPSA) is 76.2 Å². The number of hydrogen-bond donors (Lipinski definition) is 1. The minimum Gasteiger partial charge on any atom is -0.481 e. The van der Waals surface area contributed by atoms with Crippen LogP contribution in [0.2, 0.25) is 0 Å². The number of carbonyl (C=O) groups is 1. The molecule has 1 N–H and O–H groups in total. The summed E-state index contributed by atoms with van der Waals surface area (Å²) in [5, 5.41) is 13.8. The van der Waals surface area contributed by atoms with Gasteiger partial charge in [-0.3, -0.25) is 9.78 Å². The molecule has 0 saturated heterocycles. The zero-order valence-electron chi connectivity index (χ0n) is 21.5. The third-order valence-electron chi connectivity index (χ3n) is 7.58. The highest BCUT2D eigenvalue weighted by Gasteiger charge is 2.51. The van der Waals surface area contributed by atoms with Crippen LogP contribution in [-0.2, 0) is 23.1 Å². The summed E-state index contributed by atoms with van der Waals surface area (Å²) < 4.78 is 19.0. The SMILES string of the molecule is Cc1noc(-c2ccc(-c3ccc(C4(C(=O)O)CC4)cc3)cc2)c1Cc1cccc(Cc2ccc(F)cc2)n1. The lowest BCUT2D eigenvalue weighted by Gasteiger charge is -2.11. The average molecular weight is 519 g/mol. The summed E-state index contributed by atoms with van der Waals surface area (Å²) in [6, 6.07) is 28.4. The summed E-state index contributed by atoms with van der Waals surface area (Å²) >= 11 is 0. The molecule has 1 fully saturated rings. The molecule has 1 saturated carbocycles. The van der Waals surface area contributed by atoms with Gasteiger partial charge >= 0.3 is 5.97 Å². The molecular weight excluding hydrogens is 491 g/mol. The zero-order valence-corrected chi connectivity index (χ0v) is 21.5. The number of aliphatic carboxylic acids is 1. The van der Waals surface area contributed by atoms with Gasteiger partial charge in [0.1, 0.15) is 5.82 Å². The van der Waals surface area contributed by atoms with Gasteiger partial charge < -0.3 is 9.63 Å². The van der Waals surface area contributed by atoms with E-state index in [0.29, 0.717) is 25.7 Å². The summed E-state index contributed by atoms with van der Waals surface area (Å²) in [5.41, 5.74) is 7.81. The molecule has 2 aromatic heterocycles. The lowest BCUT2D eigenvalue weighted by atomic mass is 9.93. The van der Waals surface area contributed by atoms with E-state index >= 15 is 0 Å². The van der Waals surface area contributed by atoms with E-state index in [0.717, 1.165) is 56.2 Å². The first-order chi connectivity index (χ1) is 18.9. The Balaban J connectivity index is 1.20. The van der Waals surface area contributed by atoms with E-state index in [9.17, 15) is 14.3 Å². The van der Waals surface area contributed by atoms with Crippen LogP contribution >= 0.6 is 0 Å². The first-order valence-electron chi connectivity index (χ1n) is 13.0. The van der Waals surface area contributed by atoms with Crippen molar-refractivity contribution >= 4 is 5.97 Å². The van der Waals surface area contributed by atoms with Gasteiger partial charge in [0, 0.05) is 35.4 Å². The van der Waals surface area contributed by atoms with Gasteiger partial charge in [-0.2, -0.15) is 0 Å². The van der Waals surface area contributed by atoms with Gasteiger partial charge in [-0.15, -0.1) is 0 Å². The molecule has 0 spiro atoms. The normalized spacial score (nSPS) is 13.8. The number of carboxylic acids is 1. The van der Waals surface area contributed by atoms with Gasteiger partial charge in [0.25, 0.3) is 0 Å². The first kappa shape index (κ1) is 24.7. The molecule has 0 unspecified atom stereocenters. The molecular formula is C33H27FN2O3. The minimum absolute atomic E-state index is 0.246. The molecule has 1 aliphatic carbocycles. The van der Waals surface area contributed by atoms with Crippen LogP contribution < -0.4 is 0 Å². The highest BCUT2D eigenvalue weighted by atomic mass is 19.1. The Morgan fingerprint density at radius 1 is 0.846 bits per heavy atom. The van der Waals surface area contributed by atoms with Gasteiger partial charge in [0.2, 0.25) is 0 Å². The second-order valence-electron chi connectivity index (χ2n) is 10.2. The lowest BCUT2D eigenvalue weighted by molar-refractivity contribution is -0.140. The molecule has 3 aromatic carbocycles. The Hall–Kier alpha value is -4.58. The number of halogens is 1. The second kappa shape index (κ2) is 9.95. The maximum atomic E-state index is 13.3. The summed E-state index contributed by atoms with van der Waals surface area (Å²) in [4.78, 5) is 16.5. The Morgan fingerprint density at radius 3 is 2.05 bits per heavy atom. The van der Waals surface area contributed by atoms with Crippen molar-refractivity contribution in [1.29, 1.82) is 0 Å². The Kier molecular flexibility index (Phi) is 6.31. The lowest BCUT2D eigenvalue weighted by Crippen LogP contribution is -2.19. The summed E-state index contributed by atoms with van der Waals surface area (Å²) in [6.45, 7) is 1.93. The molecule has 6 rings (SSSR count). The van der Waals surface area contributed by atoms with Crippen molar-refractivity contribution in [3.63, 3.8) is 0 Å². The van der Waals surface area contributed by atoms with Crippen LogP contribution in [0.1, 0.15) is 46.6 Å². The largest absolute Gasteiger partial charge is 0.481 e. The van der Waals surface area contributed by atoms with Crippen LogP contribution in [0.5, 0.6) is 0 Å². The average Bonchev–Trinajstić information content (AvgIpc) is 3.70. The van der Waals surface area contributed by atoms with E-state index in [4.69, 9.17) is 9.51 Å². The fraction of sp³-hybridized carbons (Fsp3) is 0.182. The van der Waals surface area contributed by atoms with Gasteiger partial charge in [-0.25, -0.2) is 4.39 Å². The quantitative estimate of drug-likeness (QED) is 0.236. The first-order valence-corrected chi connectivity index (χ1v) is 13.0. The van der Waals surface area contributed by atoms with E-state index in [1.165, 1.54) is 12.1 Å². The smallest absolute Gasteiger partial charge is 0.314 e. The second-order valence-corrected chi connectivity index (χ2v) is 10.2. The van der Waals surface area contributed by atoms with Crippen molar-refractivity contribution in [2.45, 2.75) is 38.0 Å². The van der Waals surface area contributed by atoms with Crippen molar-refractivity contribution in [1.82, 2.24) is 10.1 Å². The minimum atomic E-state index is -0.743. The molecule has 194 valence electrons. The van der Waals surface area contributed by atoms with E-state index in [1.807, 2.05) is 73.7 Å². The fourth-order valence-electron chi connectivity index (χ4n) is 5.09. The van der Waals surface area contributed by atoms with Crippen molar-refractivity contribution in [2.24, 2.45) is 0 Å². The van der Waals surface area contributed by atoms with Crippen LogP contribution in [0.15, 0.2) is 95.5 Å². The molecule has 5 aromatic rings. The predicted molar refractivity (Wildman–Crippen MR) is 147 cm³/mol. The third kappa shape index (κ3) is 4.98. The monoisotopic (exact) mass is 518 g/mol. The van der Waals surface area contributed by atoms with Gasteiger partial charge in [-0.1, -0.05) is 71.9 Å². The van der Waals surface area contributed by atoms with E-state index in [-0.39, 0.29) is 5.82 Å². The predicted octanol–water partition coefficient (Wildman–Crippen LogP) is 7.15. The molecule has 0 atom stereocenters. The Morgan fingerprint density at radius 2 is 1.44 bits per heavy atom. The van der Waals surface area contributed by atoms with Gasteiger partial charge in [0.05, 0.1) is 11.1 Å². The molecule has 0 amide bonds. The summed E-state index contributed by atoms with van der Waals surface area (Å²) in [7, 11) is 0. The third-order valence-corrected chi connectivity index (χ3v) is 7.58. The van der Waals surface area contributed by atoms with Crippen molar-refractivity contribution in [3.8, 4) is 22.5 Å². The van der Waals surface area contributed by atoms with Gasteiger partial charge in [-0.05, 0) is 66.3 Å². The molecule has 0 aliphatic heterocycles. The number of hydrogen-bond acceptors (Lipinski definition) is 4. The molecule has 2 heterocycles. The van der Waals surface area contributed by atoms with Gasteiger partial charge in [0.15, 0.2) is 5.76 Å². The van der Waals surface area contributed by atoms with Crippen LogP contribution in [0.4, 0.5) is 4.39 Å². The van der Waals surface area contributed by atoms with Crippen LogP contribution in [0, 0.1) is 12.7 Å². The maximum absolute atomic E-state index is 13.3. The zero-order chi connectivity index (χ0) is 27.0. The van der Waals surface area contributed by atoms with Crippen molar-refractivity contribution in [2.75, 3.05) is 0 Å². The van der Waals surface area contributed by atoms with E-state index < -0.39 is 11.4 Å². The highest BCUT2D eigenvalue weighted by molar-refractivity contribution is 5.85. The number of carboxylic acid groups (broad SMARTS) is 1. The van der Waals surface area contributed by atoms with Crippen LogP contribution in [0.25, 0.3) is 22.5 Å². The Labute approximate surface area is 226 Å². The molecule has 39 heavy (non-hydrogen) atoms. The number of aryl methyl sites for hydroxylation is 1. The number of pyridine rings is 1. The molecule has 0 bridgehead atoms. The van der Waals surface area contributed by atoms with E-state index in [2.05, 4.69) is 5.16 Å². The number of rotatable bonds is 8. The molecule has 1 aliphatic rings. The molecule has 6 heteroatoms. The maximum Gasteiger partial charge on any atom is 0.314 e. The van der Waals surface area contributed by atoms with Crippen LogP contribution in [-0.4, -0.2) is 21.2 Å². The Bertz CT molecular complexity index is 1630. The summed E-state index contributed by atoms with van der Waals surface area (Å²) in [5.74, 6) is -0.270. The summed E-state index contributed by atoms with van der Waals surface area (Å²) in [6.07, 6.45) is 2.60. The number of aromatic nitrogens is 2. The molecule has 5 nitrogen and oxygen atoms in total. The number of nitrogens with zero attached hydrogens (tertiary/aromatic N) is 2. The standard InChI is InChI=1S/C33H27FN2O3/c1-21-30(20-29-4-2-3-28(35-29)19-22-5-15-27(34)16-6-22)31(39-36-21)25-9-7-23(8-10-25)24-11-13-26(14-12-24)33(17-18-33)32(37)38/h2-16H,17-20H2,1H3,(H,37,38). The van der Waals surface area contributed by atoms with Crippen LogP contribution in [0.3, 0.4) is 0 Å². The van der Waals surface area contributed by atoms with Crippen molar-refractivity contribution in [3.05, 3.63) is 131 Å². The highest BCUT2D eigenvalue weighted by Crippen LogP contribution is 2.48.